The third kappa shape index (κ3) is 5.95. The van der Waals surface area contributed by atoms with E-state index < -0.39 is 76.5 Å². The average Bonchev–Trinajstić information content (AvgIpc) is 3.31. The Morgan fingerprint density at radius 2 is 1.31 bits per heavy atom. The fourth-order valence-corrected chi connectivity index (χ4v) is 4.42. The Balaban J connectivity index is 1.94. The van der Waals surface area contributed by atoms with E-state index >= 15 is 0 Å². The van der Waals surface area contributed by atoms with E-state index in [0.717, 1.165) is 6.07 Å². The summed E-state index contributed by atoms with van der Waals surface area (Å²) in [6.07, 6.45) is -10.1. The molecule has 186 valence electrons. The van der Waals surface area contributed by atoms with Gasteiger partial charge < -0.3 is 5.32 Å². The Kier molecular flexibility index (Phi) is 7.21. The van der Waals surface area contributed by atoms with Crippen LogP contribution in [0.4, 0.5) is 43.7 Å². The second-order valence-electron chi connectivity index (χ2n) is 6.01. The number of halogens is 8. The minimum Gasteiger partial charge on any atom is -0.306 e. The van der Waals surface area contributed by atoms with Crippen LogP contribution in [-0.4, -0.2) is 31.7 Å². The third-order valence-electron chi connectivity index (χ3n) is 3.70. The average molecular weight is 581 g/mol. The fraction of sp³-hybridized carbons (Fsp3) is 0.133. The maximum atomic E-state index is 13.1. The first-order valence-electron chi connectivity index (χ1n) is 8.33. The minimum absolute atomic E-state index is 0.131. The number of nitrogens with one attached hydrogen (secondary N) is 2. The van der Waals surface area contributed by atoms with Gasteiger partial charge in [0.2, 0.25) is 5.82 Å². The van der Waals surface area contributed by atoms with Gasteiger partial charge in [0.15, 0.2) is 20.3 Å². The number of carbonyl (C=O) groups excluding carboxylic acids is 2. The van der Waals surface area contributed by atoms with Crippen LogP contribution in [0.1, 0.15) is 30.7 Å². The highest BCUT2D eigenvalue weighted by molar-refractivity contribution is 7.18. The molecule has 3 heterocycles. The summed E-state index contributed by atoms with van der Waals surface area (Å²) in [5.74, 6) is -4.43. The monoisotopic (exact) mass is 580 g/mol. The maximum Gasteiger partial charge on any atom is 0.435 e. The zero-order chi connectivity index (χ0) is 26.3. The molecule has 0 aromatic carbocycles. The number of rotatable bonds is 5. The molecule has 3 rings (SSSR count). The van der Waals surface area contributed by atoms with Gasteiger partial charge in [0.25, 0.3) is 11.8 Å². The maximum absolute atomic E-state index is 13.1. The number of nitrogens with zero attached hydrogens (tertiary/aromatic N) is 4. The molecule has 0 fully saturated rings. The highest BCUT2D eigenvalue weighted by Gasteiger charge is 2.41. The van der Waals surface area contributed by atoms with Gasteiger partial charge in [-0.05, 0) is 6.07 Å². The number of alkyl halides is 6. The summed E-state index contributed by atoms with van der Waals surface area (Å²) in [4.78, 5) is 42.5. The molecule has 0 radical (unpaired) electrons. The quantitative estimate of drug-likeness (QED) is 0.222. The Morgan fingerprint density at radius 3 is 1.74 bits per heavy atom. The lowest BCUT2D eigenvalue weighted by molar-refractivity contribution is -0.384. The molecular weight excluding hydrogens is 577 g/mol. The van der Waals surface area contributed by atoms with Crippen molar-refractivity contribution in [1.82, 2.24) is 15.0 Å². The van der Waals surface area contributed by atoms with E-state index in [1.165, 1.54) is 0 Å². The Bertz CT molecular complexity index is 1340. The van der Waals surface area contributed by atoms with Crippen LogP contribution in [0, 0.1) is 10.1 Å². The van der Waals surface area contributed by atoms with Crippen LogP contribution in [0.5, 0.6) is 0 Å². The van der Waals surface area contributed by atoms with Crippen LogP contribution in [-0.2, 0) is 12.4 Å². The first kappa shape index (κ1) is 26.5. The molecule has 2 amide bonds. The van der Waals surface area contributed by atoms with Crippen molar-refractivity contribution < 1.29 is 40.9 Å². The van der Waals surface area contributed by atoms with Gasteiger partial charge in [-0.3, -0.25) is 25.0 Å². The van der Waals surface area contributed by atoms with Gasteiger partial charge in [-0.1, -0.05) is 45.9 Å². The largest absolute Gasteiger partial charge is 0.435 e. The van der Waals surface area contributed by atoms with Gasteiger partial charge >= 0.3 is 18.0 Å². The molecule has 0 unspecified atom stereocenters. The van der Waals surface area contributed by atoms with Gasteiger partial charge in [0, 0.05) is 6.07 Å². The lowest BCUT2D eigenvalue weighted by Crippen LogP contribution is -2.20. The normalized spacial score (nSPS) is 11.9. The van der Waals surface area contributed by atoms with Gasteiger partial charge in [0.05, 0.1) is 4.92 Å². The molecule has 0 aliphatic carbocycles. The van der Waals surface area contributed by atoms with Crippen molar-refractivity contribution in [3.63, 3.8) is 0 Å². The Morgan fingerprint density at radius 1 is 0.857 bits per heavy atom. The molecule has 0 aliphatic rings. The van der Waals surface area contributed by atoms with Crippen LogP contribution < -0.4 is 10.6 Å². The molecule has 10 nitrogen and oxygen atoms in total. The zero-order valence-corrected chi connectivity index (χ0v) is 19.1. The second kappa shape index (κ2) is 9.51. The summed E-state index contributed by atoms with van der Waals surface area (Å²) in [6.45, 7) is 0. The van der Waals surface area contributed by atoms with Crippen molar-refractivity contribution in [2.24, 2.45) is 0 Å². The standard InChI is InChI=1S/C15H4Cl2F6N6O4S2/c16-12-26-7(14(18,19)20)5(34-12)10(30)25-4-2-1-3(29(32)33)9(24-4)28-11(31)6-8(15(21,22)23)27-13(17)35-6/h1-2H,(H2,24,25,28,30,31). The number of thiazole rings is 2. The molecule has 0 saturated carbocycles. The van der Waals surface area contributed by atoms with Crippen LogP contribution in [0.15, 0.2) is 12.1 Å². The van der Waals surface area contributed by atoms with Crippen molar-refractivity contribution in [2.45, 2.75) is 12.4 Å². The second-order valence-corrected chi connectivity index (χ2v) is 9.18. The molecule has 3 aromatic rings. The molecule has 35 heavy (non-hydrogen) atoms. The number of hydrogen-bond acceptors (Lipinski definition) is 9. The van der Waals surface area contributed by atoms with E-state index in [-0.39, 0.29) is 22.7 Å². The van der Waals surface area contributed by atoms with Crippen molar-refractivity contribution >= 4 is 75.0 Å². The van der Waals surface area contributed by atoms with Crippen LogP contribution in [0.3, 0.4) is 0 Å². The predicted molar refractivity (Wildman–Crippen MR) is 111 cm³/mol. The van der Waals surface area contributed by atoms with Crippen molar-refractivity contribution in [3.8, 4) is 0 Å². The predicted octanol–water partition coefficient (Wildman–Crippen LogP) is 5.75. The van der Waals surface area contributed by atoms with Crippen LogP contribution in [0.2, 0.25) is 8.93 Å². The molecule has 20 heteroatoms. The molecule has 0 saturated heterocycles. The number of pyridine rings is 1. The smallest absolute Gasteiger partial charge is 0.306 e. The number of amides is 2. The summed E-state index contributed by atoms with van der Waals surface area (Å²) in [5.41, 5.74) is -4.15. The summed E-state index contributed by atoms with van der Waals surface area (Å²) in [7, 11) is 0. The molecule has 0 aliphatic heterocycles. The fourth-order valence-electron chi connectivity index (χ4n) is 2.38. The highest BCUT2D eigenvalue weighted by Crippen LogP contribution is 2.38. The summed E-state index contributed by atoms with van der Waals surface area (Å²) >= 11 is 11.2. The first-order valence-corrected chi connectivity index (χ1v) is 10.7. The van der Waals surface area contributed by atoms with Gasteiger partial charge in [-0.25, -0.2) is 15.0 Å². The molecule has 0 atom stereocenters. The summed E-state index contributed by atoms with van der Waals surface area (Å²) < 4.78 is 77.2. The molecule has 0 spiro atoms. The number of hydrogen-bond donors (Lipinski definition) is 2. The SMILES string of the molecule is O=C(Nc1ccc([N+](=O)[O-])c(NC(=O)c2sc(Cl)nc2C(F)(F)F)n1)c1sc(Cl)nc1C(F)(F)F. The summed E-state index contributed by atoms with van der Waals surface area (Å²) in [5, 5.41) is 15.0. The third-order valence-corrected chi connectivity index (χ3v) is 6.01. The minimum atomic E-state index is -5.09. The van der Waals surface area contributed by atoms with E-state index in [1.807, 2.05) is 5.32 Å². The van der Waals surface area contributed by atoms with Gasteiger partial charge in [-0.15, -0.1) is 0 Å². The van der Waals surface area contributed by atoms with Crippen molar-refractivity contribution in [3.05, 3.63) is 52.3 Å². The van der Waals surface area contributed by atoms with E-state index in [1.54, 1.807) is 5.32 Å². The number of nitro groups is 1. The van der Waals surface area contributed by atoms with Gasteiger partial charge in [0.1, 0.15) is 15.6 Å². The number of carbonyl (C=O) groups is 2. The molecular formula is C15H4Cl2F6N6O4S2. The van der Waals surface area contributed by atoms with E-state index in [4.69, 9.17) is 23.2 Å². The Hall–Kier alpha value is -3.09. The lowest BCUT2D eigenvalue weighted by Gasteiger charge is -2.10. The number of anilines is 2. The van der Waals surface area contributed by atoms with Crippen molar-refractivity contribution in [1.29, 1.82) is 0 Å². The molecule has 2 N–H and O–H groups in total. The lowest BCUT2D eigenvalue weighted by atomic mass is 10.3. The van der Waals surface area contributed by atoms with Crippen LogP contribution in [0.25, 0.3) is 0 Å². The van der Waals surface area contributed by atoms with E-state index in [2.05, 4.69) is 15.0 Å². The Labute approximate surface area is 206 Å². The molecule has 0 bridgehead atoms. The summed E-state index contributed by atoms with van der Waals surface area (Å²) in [6, 6.07) is 1.51. The van der Waals surface area contributed by atoms with Crippen molar-refractivity contribution in [2.75, 3.05) is 10.6 Å². The van der Waals surface area contributed by atoms with Gasteiger partial charge in [-0.2, -0.15) is 26.3 Å². The first-order chi connectivity index (χ1) is 16.1. The van der Waals surface area contributed by atoms with E-state index in [9.17, 15) is 46.0 Å². The number of aromatic nitrogens is 3. The molecule has 3 aromatic heterocycles. The van der Waals surface area contributed by atoms with Crippen LogP contribution >= 0.6 is 45.9 Å². The highest BCUT2D eigenvalue weighted by atomic mass is 35.5. The zero-order valence-electron chi connectivity index (χ0n) is 15.9. The van der Waals surface area contributed by atoms with E-state index in [0.29, 0.717) is 6.07 Å². The topological polar surface area (TPSA) is 140 Å².